The Kier molecular flexibility index (Phi) is 4.64. The number of aryl methyl sites for hydroxylation is 1. The molecule has 0 spiro atoms. The molecule has 1 atom stereocenters. The number of carbonyl (C=O) groups is 3. The van der Waals surface area contributed by atoms with Gasteiger partial charge in [-0.25, -0.2) is 9.59 Å². The van der Waals surface area contributed by atoms with E-state index in [-0.39, 0.29) is 16.8 Å². The van der Waals surface area contributed by atoms with Gasteiger partial charge in [-0.1, -0.05) is 24.3 Å². The van der Waals surface area contributed by atoms with Crippen LogP contribution in [0.15, 0.2) is 46.8 Å². The van der Waals surface area contributed by atoms with Crippen LogP contribution in [0.25, 0.3) is 0 Å². The number of dihydropyridines is 1. The van der Waals surface area contributed by atoms with Gasteiger partial charge >= 0.3 is 11.9 Å². The first kappa shape index (κ1) is 16.5. The highest BCUT2D eigenvalue weighted by Crippen LogP contribution is 2.39. The van der Waals surface area contributed by atoms with Gasteiger partial charge in [0.2, 0.25) is 0 Å². The van der Waals surface area contributed by atoms with Crippen molar-refractivity contribution in [2.75, 3.05) is 7.11 Å². The molecule has 0 aromatic heterocycles. The van der Waals surface area contributed by atoms with Crippen LogP contribution in [-0.4, -0.2) is 30.4 Å². The molecular formula is C17H17NO5. The average molecular weight is 315 g/mol. The van der Waals surface area contributed by atoms with Crippen molar-refractivity contribution in [1.29, 1.82) is 0 Å². The lowest BCUT2D eigenvalue weighted by molar-refractivity contribution is -0.136. The number of esters is 1. The van der Waals surface area contributed by atoms with Gasteiger partial charge in [-0.3, -0.25) is 4.79 Å². The van der Waals surface area contributed by atoms with Gasteiger partial charge in [0.1, 0.15) is 0 Å². The molecule has 0 saturated heterocycles. The lowest BCUT2D eigenvalue weighted by Crippen LogP contribution is -2.33. The lowest BCUT2D eigenvalue weighted by atomic mass is 9.79. The minimum atomic E-state index is -1.16. The van der Waals surface area contributed by atoms with Crippen LogP contribution in [0.5, 0.6) is 0 Å². The molecule has 1 aliphatic heterocycles. The van der Waals surface area contributed by atoms with E-state index in [4.69, 9.17) is 4.74 Å². The van der Waals surface area contributed by atoms with Crippen LogP contribution in [0.3, 0.4) is 0 Å². The van der Waals surface area contributed by atoms with Gasteiger partial charge in [-0.05, 0) is 25.0 Å². The largest absolute Gasteiger partial charge is 0.478 e. The fourth-order valence-electron chi connectivity index (χ4n) is 2.79. The Balaban J connectivity index is 2.79. The molecular weight excluding hydrogens is 298 g/mol. The highest BCUT2D eigenvalue weighted by molar-refractivity contribution is 6.02. The summed E-state index contributed by atoms with van der Waals surface area (Å²) in [7, 11) is 1.19. The van der Waals surface area contributed by atoms with Crippen molar-refractivity contribution in [3.8, 4) is 0 Å². The summed E-state index contributed by atoms with van der Waals surface area (Å²) in [6.45, 7) is 3.38. The third kappa shape index (κ3) is 2.88. The van der Waals surface area contributed by atoms with E-state index in [0.717, 1.165) is 5.56 Å². The molecule has 2 N–H and O–H groups in total. The topological polar surface area (TPSA) is 92.7 Å². The number of aldehydes is 1. The number of carboxylic acids is 1. The summed E-state index contributed by atoms with van der Waals surface area (Å²) in [6, 6.07) is 7.14. The van der Waals surface area contributed by atoms with Crippen LogP contribution in [-0.2, 0) is 19.1 Å². The fraction of sp³-hybridized carbons (Fsp3) is 0.235. The number of ether oxygens (including phenoxy) is 1. The summed E-state index contributed by atoms with van der Waals surface area (Å²) >= 11 is 0. The van der Waals surface area contributed by atoms with Crippen LogP contribution in [0.4, 0.5) is 0 Å². The number of allylic oxidation sites excluding steroid dienone is 2. The van der Waals surface area contributed by atoms with E-state index in [9.17, 15) is 19.5 Å². The number of aliphatic carboxylic acids is 1. The molecule has 0 amide bonds. The van der Waals surface area contributed by atoms with Crippen LogP contribution >= 0.6 is 0 Å². The number of hydrogen-bond acceptors (Lipinski definition) is 5. The molecule has 0 aliphatic carbocycles. The van der Waals surface area contributed by atoms with Gasteiger partial charge < -0.3 is 15.2 Å². The van der Waals surface area contributed by atoms with E-state index in [0.29, 0.717) is 17.5 Å². The smallest absolute Gasteiger partial charge is 0.336 e. The maximum Gasteiger partial charge on any atom is 0.336 e. The molecule has 2 rings (SSSR count). The lowest BCUT2D eigenvalue weighted by Gasteiger charge is -2.29. The molecule has 1 aromatic rings. The Labute approximate surface area is 133 Å². The molecule has 1 aliphatic rings. The number of nitrogens with one attached hydrogen (secondary N) is 1. The van der Waals surface area contributed by atoms with E-state index in [2.05, 4.69) is 5.32 Å². The SMILES string of the molecule is COC(=O)C1=C(C=O)NC(C)=C(C(=O)O)C1c1ccccc1C. The molecule has 1 unspecified atom stereocenters. The minimum Gasteiger partial charge on any atom is -0.478 e. The van der Waals surface area contributed by atoms with Crippen molar-refractivity contribution in [3.05, 3.63) is 57.9 Å². The minimum absolute atomic E-state index is 0.000185. The summed E-state index contributed by atoms with van der Waals surface area (Å²) in [5, 5.41) is 12.3. The highest BCUT2D eigenvalue weighted by Gasteiger charge is 2.38. The van der Waals surface area contributed by atoms with Crippen LogP contribution in [0.2, 0.25) is 0 Å². The second-order valence-corrected chi connectivity index (χ2v) is 5.20. The van der Waals surface area contributed by atoms with E-state index < -0.39 is 17.9 Å². The maximum atomic E-state index is 12.2. The second-order valence-electron chi connectivity index (χ2n) is 5.20. The monoisotopic (exact) mass is 315 g/mol. The summed E-state index contributed by atoms with van der Waals surface area (Å²) in [4.78, 5) is 35.3. The summed E-state index contributed by atoms with van der Waals surface area (Å²) in [6.07, 6.45) is 0.500. The molecule has 6 nitrogen and oxygen atoms in total. The number of methoxy groups -OCH3 is 1. The molecule has 0 saturated carbocycles. The van der Waals surface area contributed by atoms with Crippen molar-refractivity contribution in [1.82, 2.24) is 5.32 Å². The predicted molar refractivity (Wildman–Crippen MR) is 82.5 cm³/mol. The zero-order chi connectivity index (χ0) is 17.1. The number of carbonyl (C=O) groups excluding carboxylic acids is 2. The molecule has 6 heteroatoms. The van der Waals surface area contributed by atoms with Gasteiger partial charge in [0.25, 0.3) is 0 Å². The summed E-state index contributed by atoms with van der Waals surface area (Å²) < 4.78 is 4.77. The van der Waals surface area contributed by atoms with Crippen molar-refractivity contribution in [2.45, 2.75) is 19.8 Å². The number of carboxylic acid groups (broad SMARTS) is 1. The molecule has 0 bridgehead atoms. The van der Waals surface area contributed by atoms with E-state index in [1.807, 2.05) is 19.1 Å². The van der Waals surface area contributed by atoms with E-state index >= 15 is 0 Å². The molecule has 120 valence electrons. The first-order chi connectivity index (χ1) is 10.9. The zero-order valence-corrected chi connectivity index (χ0v) is 13.0. The van der Waals surface area contributed by atoms with E-state index in [1.165, 1.54) is 7.11 Å². The van der Waals surface area contributed by atoms with Gasteiger partial charge in [-0.15, -0.1) is 0 Å². The summed E-state index contributed by atoms with van der Waals surface area (Å²) in [5.74, 6) is -2.77. The zero-order valence-electron chi connectivity index (χ0n) is 13.0. The van der Waals surface area contributed by atoms with Crippen LogP contribution in [0, 0.1) is 6.92 Å². The Hall–Kier alpha value is -2.89. The number of benzene rings is 1. The molecule has 1 heterocycles. The van der Waals surface area contributed by atoms with Crippen molar-refractivity contribution in [2.24, 2.45) is 0 Å². The second kappa shape index (κ2) is 6.48. The highest BCUT2D eigenvalue weighted by atomic mass is 16.5. The normalized spacial score (nSPS) is 17.6. The van der Waals surface area contributed by atoms with Gasteiger partial charge in [0.15, 0.2) is 6.29 Å². The Morgan fingerprint density at radius 2 is 1.87 bits per heavy atom. The fourth-order valence-corrected chi connectivity index (χ4v) is 2.79. The van der Waals surface area contributed by atoms with E-state index in [1.54, 1.807) is 19.1 Å². The third-order valence-corrected chi connectivity index (χ3v) is 3.85. The van der Waals surface area contributed by atoms with Crippen LogP contribution < -0.4 is 5.32 Å². The predicted octanol–water partition coefficient (Wildman–Crippen LogP) is 1.67. The number of hydrogen-bond donors (Lipinski definition) is 2. The molecule has 1 aromatic carbocycles. The van der Waals surface area contributed by atoms with Crippen molar-refractivity contribution < 1.29 is 24.2 Å². The number of rotatable bonds is 4. The molecule has 0 fully saturated rings. The Morgan fingerprint density at radius 3 is 2.39 bits per heavy atom. The molecule has 0 radical (unpaired) electrons. The van der Waals surface area contributed by atoms with Crippen molar-refractivity contribution in [3.63, 3.8) is 0 Å². The third-order valence-electron chi connectivity index (χ3n) is 3.85. The van der Waals surface area contributed by atoms with Crippen molar-refractivity contribution >= 4 is 18.2 Å². The average Bonchev–Trinajstić information content (AvgIpc) is 2.53. The van der Waals surface area contributed by atoms with Crippen LogP contribution in [0.1, 0.15) is 24.0 Å². The Morgan fingerprint density at radius 1 is 1.22 bits per heavy atom. The first-order valence-electron chi connectivity index (χ1n) is 6.96. The Bertz CT molecular complexity index is 745. The maximum absolute atomic E-state index is 12.2. The quantitative estimate of drug-likeness (QED) is 0.648. The van der Waals surface area contributed by atoms with Gasteiger partial charge in [-0.2, -0.15) is 0 Å². The molecule has 23 heavy (non-hydrogen) atoms. The van der Waals surface area contributed by atoms with Gasteiger partial charge in [0, 0.05) is 5.70 Å². The standard InChI is InChI=1S/C17H17NO5/c1-9-6-4-5-7-11(9)14-13(16(20)21)10(2)18-12(8-19)15(14)17(22)23-3/h4-8,14,18H,1-3H3,(H,20,21). The first-order valence-corrected chi connectivity index (χ1v) is 6.96. The summed E-state index contributed by atoms with van der Waals surface area (Å²) in [5.41, 5.74) is 1.82. The van der Waals surface area contributed by atoms with Gasteiger partial charge in [0.05, 0.1) is 29.9 Å².